The summed E-state index contributed by atoms with van der Waals surface area (Å²) in [4.78, 5) is 15.1. The number of carboxylic acids is 1. The summed E-state index contributed by atoms with van der Waals surface area (Å²) in [5.41, 5.74) is 2.98. The lowest BCUT2D eigenvalue weighted by atomic mass is 10.2. The van der Waals surface area contributed by atoms with Gasteiger partial charge in [-0.2, -0.15) is 0 Å². The van der Waals surface area contributed by atoms with Crippen LogP contribution < -0.4 is 4.74 Å². The molecule has 0 saturated carbocycles. The lowest BCUT2D eigenvalue weighted by Crippen LogP contribution is -2.22. The van der Waals surface area contributed by atoms with Crippen LogP contribution in [0, 0.1) is 6.92 Å². The summed E-state index contributed by atoms with van der Waals surface area (Å²) >= 11 is 0. The number of carbonyl (C=O) groups is 1. The molecule has 108 valence electrons. The molecule has 0 aliphatic carbocycles. The van der Waals surface area contributed by atoms with Crippen molar-refractivity contribution in [1.82, 2.24) is 0 Å². The number of aryl methyl sites for hydroxylation is 1. The SMILES string of the molecule is Cc1cccc(N=Cc2ccc(O[C@H](C)C(=O)O)cc2)c1. The van der Waals surface area contributed by atoms with Crippen molar-refractivity contribution in [3.63, 3.8) is 0 Å². The Morgan fingerprint density at radius 2 is 1.95 bits per heavy atom. The maximum absolute atomic E-state index is 10.7. The first-order chi connectivity index (χ1) is 10.0. The fraction of sp³-hybridized carbons (Fsp3) is 0.176. The van der Waals surface area contributed by atoms with Crippen LogP contribution in [-0.4, -0.2) is 23.4 Å². The lowest BCUT2D eigenvalue weighted by molar-refractivity contribution is -0.144. The molecule has 0 aromatic heterocycles. The molecular weight excluding hydrogens is 266 g/mol. The van der Waals surface area contributed by atoms with E-state index in [-0.39, 0.29) is 0 Å². The monoisotopic (exact) mass is 283 g/mol. The van der Waals surface area contributed by atoms with E-state index in [0.717, 1.165) is 16.8 Å². The Hall–Kier alpha value is -2.62. The van der Waals surface area contributed by atoms with Crippen molar-refractivity contribution in [2.24, 2.45) is 4.99 Å². The Labute approximate surface area is 123 Å². The average Bonchev–Trinajstić information content (AvgIpc) is 2.46. The summed E-state index contributed by atoms with van der Waals surface area (Å²) in [6.45, 7) is 3.52. The lowest BCUT2D eigenvalue weighted by Gasteiger charge is -2.09. The smallest absolute Gasteiger partial charge is 0.344 e. The van der Waals surface area contributed by atoms with Crippen LogP contribution >= 0.6 is 0 Å². The molecule has 0 saturated heterocycles. The number of aliphatic carboxylic acids is 1. The molecule has 0 spiro atoms. The minimum atomic E-state index is -0.986. The standard InChI is InChI=1S/C17H17NO3/c1-12-4-3-5-15(10-12)18-11-14-6-8-16(9-7-14)21-13(2)17(19)20/h3-11,13H,1-2H3,(H,19,20)/t13-/m1/s1. The van der Waals surface area contributed by atoms with Crippen LogP contribution in [0.15, 0.2) is 53.5 Å². The van der Waals surface area contributed by atoms with Crippen molar-refractivity contribution in [2.75, 3.05) is 0 Å². The van der Waals surface area contributed by atoms with Crippen LogP contribution in [0.5, 0.6) is 5.75 Å². The van der Waals surface area contributed by atoms with Crippen LogP contribution in [0.25, 0.3) is 0 Å². The quantitative estimate of drug-likeness (QED) is 0.853. The maximum Gasteiger partial charge on any atom is 0.344 e. The molecule has 21 heavy (non-hydrogen) atoms. The van der Waals surface area contributed by atoms with Crippen molar-refractivity contribution in [2.45, 2.75) is 20.0 Å². The van der Waals surface area contributed by atoms with Gasteiger partial charge >= 0.3 is 5.97 Å². The Balaban J connectivity index is 2.04. The van der Waals surface area contributed by atoms with Crippen LogP contribution in [0.4, 0.5) is 5.69 Å². The van der Waals surface area contributed by atoms with Crippen molar-refractivity contribution >= 4 is 17.9 Å². The fourth-order valence-corrected chi connectivity index (χ4v) is 1.74. The molecule has 0 heterocycles. The Kier molecular flexibility index (Phi) is 4.72. The molecule has 0 amide bonds. The maximum atomic E-state index is 10.7. The number of nitrogens with zero attached hydrogens (tertiary/aromatic N) is 1. The Morgan fingerprint density at radius 1 is 1.24 bits per heavy atom. The van der Waals surface area contributed by atoms with Gasteiger partial charge in [-0.05, 0) is 61.4 Å². The third-order valence-electron chi connectivity index (χ3n) is 2.91. The minimum absolute atomic E-state index is 0.526. The van der Waals surface area contributed by atoms with Gasteiger partial charge in [0, 0.05) is 6.21 Å². The summed E-state index contributed by atoms with van der Waals surface area (Å²) in [6.07, 6.45) is 0.899. The highest BCUT2D eigenvalue weighted by Gasteiger charge is 2.11. The summed E-state index contributed by atoms with van der Waals surface area (Å²) in [5.74, 6) is -0.460. The fourth-order valence-electron chi connectivity index (χ4n) is 1.74. The molecule has 0 radical (unpaired) electrons. The summed E-state index contributed by atoms with van der Waals surface area (Å²) in [5, 5.41) is 8.78. The second-order valence-electron chi connectivity index (χ2n) is 4.76. The van der Waals surface area contributed by atoms with Crippen LogP contribution in [0.3, 0.4) is 0 Å². The number of ether oxygens (including phenoxy) is 1. The van der Waals surface area contributed by atoms with Crippen LogP contribution in [-0.2, 0) is 4.79 Å². The van der Waals surface area contributed by atoms with E-state index in [9.17, 15) is 4.79 Å². The predicted octanol–water partition coefficient (Wildman–Crippen LogP) is 3.60. The van der Waals surface area contributed by atoms with Crippen LogP contribution in [0.2, 0.25) is 0 Å². The van der Waals surface area contributed by atoms with E-state index in [1.807, 2.05) is 43.3 Å². The molecule has 0 unspecified atom stereocenters. The third kappa shape index (κ3) is 4.45. The largest absolute Gasteiger partial charge is 0.479 e. The predicted molar refractivity (Wildman–Crippen MR) is 82.6 cm³/mol. The molecule has 0 bridgehead atoms. The van der Waals surface area contributed by atoms with Gasteiger partial charge in [-0.25, -0.2) is 4.79 Å². The molecule has 4 nitrogen and oxygen atoms in total. The van der Waals surface area contributed by atoms with Crippen molar-refractivity contribution in [3.05, 3.63) is 59.7 Å². The van der Waals surface area contributed by atoms with Crippen molar-refractivity contribution in [3.8, 4) is 5.75 Å². The number of rotatable bonds is 5. The number of hydrogen-bond acceptors (Lipinski definition) is 3. The highest BCUT2D eigenvalue weighted by molar-refractivity contribution is 5.82. The van der Waals surface area contributed by atoms with Gasteiger partial charge in [-0.15, -0.1) is 0 Å². The normalized spacial score (nSPS) is 12.3. The second-order valence-corrected chi connectivity index (χ2v) is 4.76. The molecular formula is C17H17NO3. The van der Waals surface area contributed by atoms with Gasteiger partial charge in [0.15, 0.2) is 6.10 Å². The zero-order valence-electron chi connectivity index (χ0n) is 12.0. The zero-order valence-corrected chi connectivity index (χ0v) is 12.0. The number of hydrogen-bond donors (Lipinski definition) is 1. The first-order valence-corrected chi connectivity index (χ1v) is 6.65. The average molecular weight is 283 g/mol. The van der Waals surface area contributed by atoms with Gasteiger partial charge in [0.1, 0.15) is 5.75 Å². The number of benzene rings is 2. The second kappa shape index (κ2) is 6.70. The molecule has 2 aromatic rings. The number of aliphatic imine (C=N–C) groups is 1. The summed E-state index contributed by atoms with van der Waals surface area (Å²) < 4.78 is 5.27. The topological polar surface area (TPSA) is 58.9 Å². The van der Waals surface area contributed by atoms with Gasteiger partial charge in [-0.3, -0.25) is 4.99 Å². The first kappa shape index (κ1) is 14.8. The van der Waals surface area contributed by atoms with E-state index in [1.165, 1.54) is 6.92 Å². The van der Waals surface area contributed by atoms with Gasteiger partial charge in [-0.1, -0.05) is 12.1 Å². The Bertz CT molecular complexity index is 647. The van der Waals surface area contributed by atoms with Gasteiger partial charge in [0.2, 0.25) is 0 Å². The highest BCUT2D eigenvalue weighted by Crippen LogP contribution is 2.16. The summed E-state index contributed by atoms with van der Waals surface area (Å²) in [6, 6.07) is 15.1. The van der Waals surface area contributed by atoms with Crippen molar-refractivity contribution < 1.29 is 14.6 Å². The van der Waals surface area contributed by atoms with Crippen molar-refractivity contribution in [1.29, 1.82) is 0 Å². The molecule has 1 atom stereocenters. The molecule has 2 aromatic carbocycles. The van der Waals surface area contributed by atoms with Gasteiger partial charge in [0.25, 0.3) is 0 Å². The highest BCUT2D eigenvalue weighted by atomic mass is 16.5. The van der Waals surface area contributed by atoms with Crippen LogP contribution in [0.1, 0.15) is 18.1 Å². The van der Waals surface area contributed by atoms with Gasteiger partial charge < -0.3 is 9.84 Å². The minimum Gasteiger partial charge on any atom is -0.479 e. The first-order valence-electron chi connectivity index (χ1n) is 6.65. The van der Waals surface area contributed by atoms with E-state index in [0.29, 0.717) is 5.75 Å². The number of carboxylic acid groups (broad SMARTS) is 1. The van der Waals surface area contributed by atoms with E-state index < -0.39 is 12.1 Å². The van der Waals surface area contributed by atoms with E-state index in [1.54, 1.807) is 18.3 Å². The third-order valence-corrected chi connectivity index (χ3v) is 2.91. The molecule has 4 heteroatoms. The molecule has 2 rings (SSSR count). The van der Waals surface area contributed by atoms with E-state index >= 15 is 0 Å². The van der Waals surface area contributed by atoms with E-state index in [2.05, 4.69) is 4.99 Å². The van der Waals surface area contributed by atoms with Gasteiger partial charge in [0.05, 0.1) is 5.69 Å². The van der Waals surface area contributed by atoms with E-state index in [4.69, 9.17) is 9.84 Å². The molecule has 0 aliphatic rings. The zero-order chi connectivity index (χ0) is 15.2. The molecule has 1 N–H and O–H groups in total. The molecule has 0 aliphatic heterocycles. The summed E-state index contributed by atoms with van der Waals surface area (Å²) in [7, 11) is 0. The Morgan fingerprint density at radius 3 is 2.57 bits per heavy atom. The molecule has 0 fully saturated rings.